The summed E-state index contributed by atoms with van der Waals surface area (Å²) in [5.41, 5.74) is 8.24. The predicted molar refractivity (Wildman–Crippen MR) is 121 cm³/mol. The number of unbranched alkanes of at least 4 members (excludes halogenated alkanes) is 2. The van der Waals surface area contributed by atoms with Gasteiger partial charge in [0.25, 0.3) is 0 Å². The zero-order valence-corrected chi connectivity index (χ0v) is 18.4. The third-order valence-electron chi connectivity index (χ3n) is 5.68. The van der Waals surface area contributed by atoms with Crippen LogP contribution in [0.3, 0.4) is 0 Å². The maximum Gasteiger partial charge on any atom is 0.411 e. The lowest BCUT2D eigenvalue weighted by Gasteiger charge is -2.35. The van der Waals surface area contributed by atoms with E-state index in [0.717, 1.165) is 16.7 Å². The minimum absolute atomic E-state index is 0.0922. The maximum atomic E-state index is 13.2. The molecule has 8 nitrogen and oxygen atoms in total. The van der Waals surface area contributed by atoms with Crippen LogP contribution in [0.15, 0.2) is 54.6 Å². The van der Waals surface area contributed by atoms with Crippen LogP contribution in [-0.4, -0.2) is 34.9 Å². The van der Waals surface area contributed by atoms with E-state index in [2.05, 4.69) is 11.4 Å². The van der Waals surface area contributed by atoms with E-state index in [0.29, 0.717) is 32.1 Å². The van der Waals surface area contributed by atoms with Gasteiger partial charge in [-0.15, -0.1) is 0 Å². The highest BCUT2D eigenvalue weighted by atomic mass is 16.6. The Kier molecular flexibility index (Phi) is 8.42. The van der Waals surface area contributed by atoms with Crippen molar-refractivity contribution in [3.63, 3.8) is 0 Å². The average molecular weight is 449 g/mol. The number of hydrogen-bond donors (Lipinski definition) is 2. The Balaban J connectivity index is 1.72. The first-order chi connectivity index (χ1) is 16.0. The van der Waals surface area contributed by atoms with Crippen LogP contribution in [-0.2, 0) is 33.9 Å². The van der Waals surface area contributed by atoms with Crippen molar-refractivity contribution in [3.05, 3.63) is 71.3 Å². The summed E-state index contributed by atoms with van der Waals surface area (Å²) < 4.78 is 5.49. The molecule has 2 aromatic carbocycles. The number of nitrogens with zero attached hydrogens (tertiary/aromatic N) is 2. The minimum atomic E-state index is -0.865. The molecule has 8 heteroatoms. The Morgan fingerprint density at radius 1 is 1.09 bits per heavy atom. The van der Waals surface area contributed by atoms with Crippen molar-refractivity contribution in [1.29, 1.82) is 5.26 Å². The number of nitrogens with two attached hydrogens (primary N) is 1. The quantitative estimate of drug-likeness (QED) is 0.571. The van der Waals surface area contributed by atoms with E-state index in [1.54, 1.807) is 0 Å². The van der Waals surface area contributed by atoms with Gasteiger partial charge < -0.3 is 15.8 Å². The predicted octanol–water partition coefficient (Wildman–Crippen LogP) is 2.80. The standard InChI is InChI=1S/C25H28N4O4/c26-14-8-2-5-13-21(23(27)30)28-24(31)22-15-19-11-6-7-12-20(19)16-29(22)25(32)33-17-18-9-3-1-4-10-18/h1,3-4,6-7,9-12,21-22H,2,5,8,13,15-17H2,(H2,27,30)(H,28,31)/t21-,22-/m0/s1. The summed E-state index contributed by atoms with van der Waals surface area (Å²) in [5, 5.41) is 11.4. The van der Waals surface area contributed by atoms with Crippen LogP contribution in [0.1, 0.15) is 42.4 Å². The van der Waals surface area contributed by atoms with Crippen molar-refractivity contribution in [2.45, 2.75) is 57.3 Å². The Hall–Kier alpha value is -3.86. The van der Waals surface area contributed by atoms with Gasteiger partial charge in [-0.3, -0.25) is 14.5 Å². The molecule has 0 spiro atoms. The van der Waals surface area contributed by atoms with Crippen LogP contribution >= 0.6 is 0 Å². The lowest BCUT2D eigenvalue weighted by molar-refractivity contribution is -0.131. The molecule has 0 radical (unpaired) electrons. The zero-order valence-electron chi connectivity index (χ0n) is 18.4. The lowest BCUT2D eigenvalue weighted by atomic mass is 9.93. The summed E-state index contributed by atoms with van der Waals surface area (Å²) in [6.45, 7) is 0.320. The average Bonchev–Trinajstić information content (AvgIpc) is 2.84. The number of carbonyl (C=O) groups excluding carboxylic acids is 3. The van der Waals surface area contributed by atoms with E-state index in [1.165, 1.54) is 4.90 Å². The fourth-order valence-electron chi connectivity index (χ4n) is 3.86. The molecule has 0 unspecified atom stereocenters. The number of benzene rings is 2. The summed E-state index contributed by atoms with van der Waals surface area (Å²) >= 11 is 0. The fraction of sp³-hybridized carbons (Fsp3) is 0.360. The van der Waals surface area contributed by atoms with Gasteiger partial charge in [0, 0.05) is 12.8 Å². The van der Waals surface area contributed by atoms with Crippen molar-refractivity contribution in [2.24, 2.45) is 5.73 Å². The van der Waals surface area contributed by atoms with E-state index in [-0.39, 0.29) is 13.2 Å². The Bertz CT molecular complexity index is 1020. The van der Waals surface area contributed by atoms with Gasteiger partial charge in [-0.05, 0) is 36.0 Å². The number of rotatable bonds is 9. The van der Waals surface area contributed by atoms with Crippen molar-refractivity contribution in [2.75, 3.05) is 0 Å². The third kappa shape index (κ3) is 6.56. The third-order valence-corrected chi connectivity index (χ3v) is 5.68. The summed E-state index contributed by atoms with van der Waals surface area (Å²) in [4.78, 5) is 39.4. The van der Waals surface area contributed by atoms with Crippen LogP contribution in [0, 0.1) is 11.3 Å². The molecule has 1 aliphatic rings. The second-order valence-corrected chi connectivity index (χ2v) is 8.02. The van der Waals surface area contributed by atoms with Gasteiger partial charge in [0.1, 0.15) is 18.7 Å². The summed E-state index contributed by atoms with van der Waals surface area (Å²) in [5.74, 6) is -1.10. The first-order valence-electron chi connectivity index (χ1n) is 11.0. The van der Waals surface area contributed by atoms with E-state index in [1.807, 2.05) is 54.6 Å². The van der Waals surface area contributed by atoms with Crippen LogP contribution < -0.4 is 11.1 Å². The van der Waals surface area contributed by atoms with E-state index >= 15 is 0 Å². The van der Waals surface area contributed by atoms with Crippen molar-refractivity contribution in [3.8, 4) is 6.07 Å². The number of ether oxygens (including phenoxy) is 1. The smallest absolute Gasteiger partial charge is 0.411 e. The topological polar surface area (TPSA) is 126 Å². The fourth-order valence-corrected chi connectivity index (χ4v) is 3.86. The molecule has 2 atom stereocenters. The molecule has 3 N–H and O–H groups in total. The minimum Gasteiger partial charge on any atom is -0.445 e. The van der Waals surface area contributed by atoms with Gasteiger partial charge in [-0.25, -0.2) is 4.79 Å². The van der Waals surface area contributed by atoms with Gasteiger partial charge in [0.2, 0.25) is 11.8 Å². The van der Waals surface area contributed by atoms with Gasteiger partial charge in [0.05, 0.1) is 12.6 Å². The lowest BCUT2D eigenvalue weighted by Crippen LogP contribution is -2.56. The molecule has 33 heavy (non-hydrogen) atoms. The number of hydrogen-bond acceptors (Lipinski definition) is 5. The number of nitriles is 1. The molecule has 0 fully saturated rings. The number of amides is 3. The summed E-state index contributed by atoms with van der Waals surface area (Å²) in [6.07, 6.45) is 1.62. The Labute approximate surface area is 193 Å². The van der Waals surface area contributed by atoms with E-state index in [9.17, 15) is 14.4 Å². The molecule has 1 heterocycles. The molecule has 2 aromatic rings. The molecule has 1 aliphatic heterocycles. The first-order valence-corrected chi connectivity index (χ1v) is 11.0. The van der Waals surface area contributed by atoms with Crippen molar-refractivity contribution >= 4 is 17.9 Å². The molecule has 0 saturated heterocycles. The Morgan fingerprint density at radius 2 is 1.79 bits per heavy atom. The summed E-state index contributed by atoms with van der Waals surface area (Å²) in [6, 6.07) is 17.3. The first kappa shape index (κ1) is 23.8. The van der Waals surface area contributed by atoms with E-state index in [4.69, 9.17) is 15.7 Å². The second-order valence-electron chi connectivity index (χ2n) is 8.02. The van der Waals surface area contributed by atoms with Crippen LogP contribution in [0.2, 0.25) is 0 Å². The van der Waals surface area contributed by atoms with Crippen molar-refractivity contribution in [1.82, 2.24) is 10.2 Å². The van der Waals surface area contributed by atoms with Crippen LogP contribution in [0.25, 0.3) is 0 Å². The zero-order chi connectivity index (χ0) is 23.6. The number of fused-ring (bicyclic) bond motifs is 1. The van der Waals surface area contributed by atoms with Crippen LogP contribution in [0.5, 0.6) is 0 Å². The molecular formula is C25H28N4O4. The van der Waals surface area contributed by atoms with Crippen LogP contribution in [0.4, 0.5) is 4.79 Å². The van der Waals surface area contributed by atoms with Gasteiger partial charge in [-0.2, -0.15) is 5.26 Å². The highest BCUT2D eigenvalue weighted by Gasteiger charge is 2.36. The molecule has 0 aliphatic carbocycles. The molecule has 3 rings (SSSR count). The number of primary amides is 1. The monoisotopic (exact) mass is 448 g/mol. The van der Waals surface area contributed by atoms with E-state index < -0.39 is 30.0 Å². The highest BCUT2D eigenvalue weighted by molar-refractivity contribution is 5.91. The summed E-state index contributed by atoms with van der Waals surface area (Å²) in [7, 11) is 0. The van der Waals surface area contributed by atoms with Gasteiger partial charge in [-0.1, -0.05) is 54.6 Å². The largest absolute Gasteiger partial charge is 0.445 e. The highest BCUT2D eigenvalue weighted by Crippen LogP contribution is 2.25. The Morgan fingerprint density at radius 3 is 2.48 bits per heavy atom. The van der Waals surface area contributed by atoms with Crippen molar-refractivity contribution < 1.29 is 19.1 Å². The molecule has 172 valence electrons. The molecule has 0 bridgehead atoms. The van der Waals surface area contributed by atoms with Gasteiger partial charge >= 0.3 is 6.09 Å². The second kappa shape index (κ2) is 11.7. The molecular weight excluding hydrogens is 420 g/mol. The normalized spacial score (nSPS) is 15.6. The maximum absolute atomic E-state index is 13.2. The molecule has 0 aromatic heterocycles. The molecule has 3 amide bonds. The molecule has 0 saturated carbocycles. The van der Waals surface area contributed by atoms with Gasteiger partial charge in [0.15, 0.2) is 0 Å². The number of carbonyl (C=O) groups is 3. The SMILES string of the molecule is N#CCCCC[C@H](NC(=O)[C@@H]1Cc2ccccc2CN1C(=O)OCc1ccccc1)C(N)=O. The number of nitrogens with one attached hydrogen (secondary N) is 1.